The molecule has 4 rings (SSSR count). The van der Waals surface area contributed by atoms with Crippen molar-refractivity contribution in [3.8, 4) is 11.1 Å². The predicted octanol–water partition coefficient (Wildman–Crippen LogP) is 4.17. The van der Waals surface area contributed by atoms with Gasteiger partial charge in [-0.25, -0.2) is 9.37 Å². The summed E-state index contributed by atoms with van der Waals surface area (Å²) in [4.78, 5) is 17.5. The predicted molar refractivity (Wildman–Crippen MR) is 101 cm³/mol. The number of ketones is 1. The van der Waals surface area contributed by atoms with E-state index in [4.69, 9.17) is 5.73 Å². The molecule has 2 aromatic carbocycles. The third-order valence-electron chi connectivity index (χ3n) is 4.77. The van der Waals surface area contributed by atoms with Gasteiger partial charge in [0.2, 0.25) is 0 Å². The van der Waals surface area contributed by atoms with Crippen LogP contribution in [0, 0.1) is 12.7 Å². The minimum Gasteiger partial charge on any atom is -0.399 e. The number of benzene rings is 2. The van der Waals surface area contributed by atoms with Crippen LogP contribution in [0.2, 0.25) is 0 Å². The van der Waals surface area contributed by atoms with Crippen LogP contribution in [0.3, 0.4) is 0 Å². The number of fused-ring (bicyclic) bond motifs is 1. The van der Waals surface area contributed by atoms with Crippen LogP contribution in [-0.4, -0.2) is 17.3 Å². The van der Waals surface area contributed by atoms with E-state index in [0.29, 0.717) is 23.6 Å². The van der Waals surface area contributed by atoms with Crippen LogP contribution >= 0.6 is 0 Å². The number of hydrogen-bond acceptors (Lipinski definition) is 4. The smallest absolute Gasteiger partial charge is 0.172 e. The van der Waals surface area contributed by atoms with Gasteiger partial charge in [0, 0.05) is 35.1 Å². The minimum absolute atomic E-state index is 0.0974. The highest BCUT2D eigenvalue weighted by Crippen LogP contribution is 2.36. The van der Waals surface area contributed by atoms with E-state index in [2.05, 4.69) is 10.3 Å². The molecule has 0 fully saturated rings. The minimum atomic E-state index is -0.406. The standard InChI is InChI=1S/C21H18FN3O/c1-12-5-6-15(22)9-17(12)20(26)19-11-25-21-18(19)8-14(10-24-21)13-3-2-4-16(23)7-13/h2-10,19H,11,23H2,1H3,(H,24,25). The van der Waals surface area contributed by atoms with E-state index in [1.807, 2.05) is 37.3 Å². The summed E-state index contributed by atoms with van der Waals surface area (Å²) in [5.74, 6) is -0.194. The molecule has 1 aliphatic heterocycles. The number of rotatable bonds is 3. The van der Waals surface area contributed by atoms with Gasteiger partial charge in [0.1, 0.15) is 11.6 Å². The number of aryl methyl sites for hydroxylation is 1. The van der Waals surface area contributed by atoms with Gasteiger partial charge in [0.05, 0.1) is 5.92 Å². The van der Waals surface area contributed by atoms with Crippen LogP contribution in [0.1, 0.15) is 27.4 Å². The van der Waals surface area contributed by atoms with Crippen LogP contribution < -0.4 is 11.1 Å². The summed E-state index contributed by atoms with van der Waals surface area (Å²) in [5.41, 5.74) is 10.4. The fourth-order valence-electron chi connectivity index (χ4n) is 3.36. The lowest BCUT2D eigenvalue weighted by Crippen LogP contribution is -2.16. The number of nitrogen functional groups attached to an aromatic ring is 1. The van der Waals surface area contributed by atoms with Crippen molar-refractivity contribution in [2.24, 2.45) is 0 Å². The number of aromatic nitrogens is 1. The molecule has 1 aromatic heterocycles. The van der Waals surface area contributed by atoms with Crippen molar-refractivity contribution in [1.82, 2.24) is 4.98 Å². The maximum Gasteiger partial charge on any atom is 0.172 e. The molecule has 2 heterocycles. The van der Waals surface area contributed by atoms with E-state index in [9.17, 15) is 9.18 Å². The van der Waals surface area contributed by atoms with Gasteiger partial charge in [-0.1, -0.05) is 18.2 Å². The summed E-state index contributed by atoms with van der Waals surface area (Å²) >= 11 is 0. The Morgan fingerprint density at radius 3 is 2.85 bits per heavy atom. The van der Waals surface area contributed by atoms with E-state index < -0.39 is 5.82 Å². The molecule has 0 radical (unpaired) electrons. The second-order valence-electron chi connectivity index (χ2n) is 6.54. The second kappa shape index (κ2) is 6.26. The zero-order chi connectivity index (χ0) is 18.3. The highest BCUT2D eigenvalue weighted by molar-refractivity contribution is 6.04. The first kappa shape index (κ1) is 16.3. The molecular formula is C21H18FN3O. The molecule has 0 saturated carbocycles. The van der Waals surface area contributed by atoms with Crippen LogP contribution in [-0.2, 0) is 0 Å². The lowest BCUT2D eigenvalue weighted by Gasteiger charge is -2.12. The zero-order valence-electron chi connectivity index (χ0n) is 14.3. The summed E-state index contributed by atoms with van der Waals surface area (Å²) in [6.07, 6.45) is 1.76. The third-order valence-corrected chi connectivity index (χ3v) is 4.77. The number of hydrogen-bond donors (Lipinski definition) is 2. The topological polar surface area (TPSA) is 68.0 Å². The molecular weight excluding hydrogens is 329 g/mol. The highest BCUT2D eigenvalue weighted by Gasteiger charge is 2.31. The van der Waals surface area contributed by atoms with E-state index in [1.165, 1.54) is 12.1 Å². The number of Topliss-reactive ketones (excluding diaryl/α,β-unsaturated/α-hetero) is 1. The molecule has 26 heavy (non-hydrogen) atoms. The highest BCUT2D eigenvalue weighted by atomic mass is 19.1. The van der Waals surface area contributed by atoms with Gasteiger partial charge in [-0.05, 0) is 48.4 Å². The lowest BCUT2D eigenvalue weighted by molar-refractivity contribution is 0.0965. The first-order valence-electron chi connectivity index (χ1n) is 8.43. The molecule has 3 N–H and O–H groups in total. The van der Waals surface area contributed by atoms with Crippen LogP contribution in [0.4, 0.5) is 15.9 Å². The van der Waals surface area contributed by atoms with E-state index in [1.54, 1.807) is 12.3 Å². The normalized spacial score (nSPS) is 15.4. The number of nitrogens with one attached hydrogen (secondary N) is 1. The lowest BCUT2D eigenvalue weighted by atomic mass is 9.90. The fourth-order valence-corrected chi connectivity index (χ4v) is 3.36. The van der Waals surface area contributed by atoms with Crippen molar-refractivity contribution in [3.63, 3.8) is 0 Å². The molecule has 0 spiro atoms. The Morgan fingerprint density at radius 1 is 1.19 bits per heavy atom. The summed E-state index contributed by atoms with van der Waals surface area (Å²) in [7, 11) is 0. The number of halogens is 1. The number of nitrogens with two attached hydrogens (primary N) is 1. The largest absolute Gasteiger partial charge is 0.399 e. The van der Waals surface area contributed by atoms with Crippen LogP contribution in [0.15, 0.2) is 54.7 Å². The van der Waals surface area contributed by atoms with Crippen LogP contribution in [0.25, 0.3) is 11.1 Å². The summed E-state index contributed by atoms with van der Waals surface area (Å²) in [5, 5.41) is 3.17. The number of pyridine rings is 1. The van der Waals surface area contributed by atoms with Gasteiger partial charge in [0.15, 0.2) is 5.78 Å². The Bertz CT molecular complexity index is 1020. The summed E-state index contributed by atoms with van der Waals surface area (Å²) in [6.45, 7) is 2.27. The number of anilines is 2. The van der Waals surface area contributed by atoms with Crippen molar-refractivity contribution in [2.45, 2.75) is 12.8 Å². The Hall–Kier alpha value is -3.21. The molecule has 1 aliphatic rings. The van der Waals surface area contributed by atoms with Gasteiger partial charge in [-0.3, -0.25) is 4.79 Å². The van der Waals surface area contributed by atoms with E-state index in [-0.39, 0.29) is 11.7 Å². The fraction of sp³-hybridized carbons (Fsp3) is 0.143. The maximum absolute atomic E-state index is 13.6. The average molecular weight is 347 g/mol. The average Bonchev–Trinajstić information content (AvgIpc) is 3.06. The summed E-state index contributed by atoms with van der Waals surface area (Å²) < 4.78 is 13.6. The molecule has 1 unspecified atom stereocenters. The number of carbonyl (C=O) groups excluding carboxylic acids is 1. The molecule has 0 saturated heterocycles. The molecule has 3 aromatic rings. The molecule has 4 nitrogen and oxygen atoms in total. The summed E-state index contributed by atoms with van der Waals surface area (Å²) in [6, 6.07) is 13.8. The van der Waals surface area contributed by atoms with Crippen molar-refractivity contribution in [3.05, 3.63) is 77.2 Å². The van der Waals surface area contributed by atoms with Crippen molar-refractivity contribution < 1.29 is 9.18 Å². The van der Waals surface area contributed by atoms with Gasteiger partial charge in [-0.15, -0.1) is 0 Å². The first-order valence-corrected chi connectivity index (χ1v) is 8.43. The monoisotopic (exact) mass is 347 g/mol. The second-order valence-corrected chi connectivity index (χ2v) is 6.54. The number of nitrogens with zero attached hydrogens (tertiary/aromatic N) is 1. The van der Waals surface area contributed by atoms with Crippen LogP contribution in [0.5, 0.6) is 0 Å². The van der Waals surface area contributed by atoms with Gasteiger partial charge < -0.3 is 11.1 Å². The first-order chi connectivity index (χ1) is 12.5. The Morgan fingerprint density at radius 2 is 2.04 bits per heavy atom. The molecule has 5 heteroatoms. The van der Waals surface area contributed by atoms with Crippen molar-refractivity contribution >= 4 is 17.3 Å². The SMILES string of the molecule is Cc1ccc(F)cc1C(=O)C1CNc2ncc(-c3cccc(N)c3)cc21. The Balaban J connectivity index is 1.74. The van der Waals surface area contributed by atoms with E-state index >= 15 is 0 Å². The van der Waals surface area contributed by atoms with Crippen molar-refractivity contribution in [2.75, 3.05) is 17.6 Å². The Labute approximate surface area is 150 Å². The number of carbonyl (C=O) groups is 1. The molecule has 0 amide bonds. The van der Waals surface area contributed by atoms with Gasteiger partial charge >= 0.3 is 0 Å². The maximum atomic E-state index is 13.6. The van der Waals surface area contributed by atoms with Gasteiger partial charge in [-0.2, -0.15) is 0 Å². The quantitative estimate of drug-likeness (QED) is 0.551. The molecule has 1 atom stereocenters. The Kier molecular flexibility index (Phi) is 3.92. The zero-order valence-corrected chi connectivity index (χ0v) is 14.3. The molecule has 0 bridgehead atoms. The van der Waals surface area contributed by atoms with Gasteiger partial charge in [0.25, 0.3) is 0 Å². The van der Waals surface area contributed by atoms with Crippen molar-refractivity contribution in [1.29, 1.82) is 0 Å². The molecule has 130 valence electrons. The molecule has 0 aliphatic carbocycles. The third kappa shape index (κ3) is 2.81. The van der Waals surface area contributed by atoms with E-state index in [0.717, 1.165) is 22.3 Å².